The second kappa shape index (κ2) is 7.22. The number of hydrogen-bond donors (Lipinski definition) is 3. The van der Waals surface area contributed by atoms with Gasteiger partial charge in [0.2, 0.25) is 5.91 Å². The smallest absolute Gasteiger partial charge is 0.274 e. The molecule has 0 aliphatic carbocycles. The molecule has 3 rings (SSSR count). The summed E-state index contributed by atoms with van der Waals surface area (Å²) in [5.74, 6) is 0.766. The zero-order valence-corrected chi connectivity index (χ0v) is 14.4. The molecule has 0 saturated heterocycles. The Morgan fingerprint density at radius 1 is 1.28 bits per heavy atom. The molecule has 9 heteroatoms. The van der Waals surface area contributed by atoms with Crippen LogP contribution < -0.4 is 25.6 Å². The standard InChI is InChI=1S/C16H16N4O4S/c1-23-9-3-5-13(24-2)10(7-9)12-8-25-16(17-12)18-15(22)11-4-6-14(21)20-19-11/h3-5,7-8,19H,6H2,1-2H3,(H,20,21)(H,17,18,22). The summed E-state index contributed by atoms with van der Waals surface area (Å²) >= 11 is 1.29. The Bertz CT molecular complexity index is 846. The van der Waals surface area contributed by atoms with Crippen molar-refractivity contribution in [2.24, 2.45) is 0 Å². The molecule has 8 nitrogen and oxygen atoms in total. The third-order valence-corrected chi connectivity index (χ3v) is 4.24. The van der Waals surface area contributed by atoms with Crippen molar-refractivity contribution in [1.29, 1.82) is 0 Å². The minimum Gasteiger partial charge on any atom is -0.497 e. The van der Waals surface area contributed by atoms with Gasteiger partial charge in [0, 0.05) is 17.4 Å². The number of thiazole rings is 1. The maximum Gasteiger partial charge on any atom is 0.274 e. The quantitative estimate of drug-likeness (QED) is 0.750. The van der Waals surface area contributed by atoms with Gasteiger partial charge < -0.3 is 9.47 Å². The van der Waals surface area contributed by atoms with Gasteiger partial charge in [0.15, 0.2) is 5.13 Å². The Labute approximate surface area is 147 Å². The number of amides is 2. The fraction of sp³-hybridized carbons (Fsp3) is 0.188. The summed E-state index contributed by atoms with van der Waals surface area (Å²) in [6, 6.07) is 5.42. The Morgan fingerprint density at radius 3 is 2.80 bits per heavy atom. The van der Waals surface area contributed by atoms with E-state index in [9.17, 15) is 9.59 Å². The van der Waals surface area contributed by atoms with E-state index in [-0.39, 0.29) is 23.9 Å². The molecule has 130 valence electrons. The van der Waals surface area contributed by atoms with Gasteiger partial charge in [0.1, 0.15) is 17.2 Å². The van der Waals surface area contributed by atoms with Crippen molar-refractivity contribution in [2.75, 3.05) is 19.5 Å². The van der Waals surface area contributed by atoms with Gasteiger partial charge in [-0.2, -0.15) is 0 Å². The van der Waals surface area contributed by atoms with E-state index < -0.39 is 0 Å². The van der Waals surface area contributed by atoms with Gasteiger partial charge in [0.25, 0.3) is 5.91 Å². The van der Waals surface area contributed by atoms with Gasteiger partial charge in [0.05, 0.1) is 19.9 Å². The molecule has 0 radical (unpaired) electrons. The summed E-state index contributed by atoms with van der Waals surface area (Å²) in [5, 5.41) is 4.95. The van der Waals surface area contributed by atoms with Crippen LogP contribution in [0.5, 0.6) is 11.5 Å². The molecule has 2 amide bonds. The van der Waals surface area contributed by atoms with E-state index in [0.717, 1.165) is 5.56 Å². The summed E-state index contributed by atoms with van der Waals surface area (Å²) in [7, 11) is 3.16. The van der Waals surface area contributed by atoms with Crippen LogP contribution in [0.3, 0.4) is 0 Å². The number of hydrogen-bond acceptors (Lipinski definition) is 7. The number of benzene rings is 1. The summed E-state index contributed by atoms with van der Waals surface area (Å²) < 4.78 is 10.6. The number of nitrogens with zero attached hydrogens (tertiary/aromatic N) is 1. The van der Waals surface area contributed by atoms with Crippen LogP contribution in [0.2, 0.25) is 0 Å². The largest absolute Gasteiger partial charge is 0.497 e. The number of nitrogens with one attached hydrogen (secondary N) is 3. The van der Waals surface area contributed by atoms with E-state index in [4.69, 9.17) is 9.47 Å². The molecule has 1 aromatic heterocycles. The molecule has 0 saturated carbocycles. The number of hydrazine groups is 1. The number of carbonyl (C=O) groups is 2. The first-order chi connectivity index (χ1) is 12.1. The molecule has 1 aliphatic heterocycles. The van der Waals surface area contributed by atoms with Gasteiger partial charge in [-0.15, -0.1) is 11.3 Å². The number of ether oxygens (including phenoxy) is 2. The predicted octanol–water partition coefficient (Wildman–Crippen LogP) is 1.67. The van der Waals surface area contributed by atoms with Crippen LogP contribution in [-0.4, -0.2) is 31.0 Å². The maximum absolute atomic E-state index is 12.2. The van der Waals surface area contributed by atoms with Gasteiger partial charge in [-0.25, -0.2) is 4.98 Å². The number of rotatable bonds is 5. The van der Waals surface area contributed by atoms with Crippen LogP contribution in [-0.2, 0) is 9.59 Å². The SMILES string of the molecule is COc1ccc(OC)c(-c2csc(NC(=O)C3=CCC(=O)NN3)n2)c1. The molecule has 0 bridgehead atoms. The monoisotopic (exact) mass is 360 g/mol. The predicted molar refractivity (Wildman–Crippen MR) is 93.3 cm³/mol. The average molecular weight is 360 g/mol. The molecule has 3 N–H and O–H groups in total. The first-order valence-corrected chi connectivity index (χ1v) is 8.23. The van der Waals surface area contributed by atoms with Crippen molar-refractivity contribution in [1.82, 2.24) is 15.8 Å². The van der Waals surface area contributed by atoms with Crippen LogP contribution in [0, 0.1) is 0 Å². The third kappa shape index (κ3) is 3.72. The first kappa shape index (κ1) is 16.8. The molecule has 2 aromatic rings. The minimum atomic E-state index is -0.376. The van der Waals surface area contributed by atoms with E-state index in [0.29, 0.717) is 22.3 Å². The lowest BCUT2D eigenvalue weighted by Crippen LogP contribution is -2.43. The van der Waals surface area contributed by atoms with E-state index in [1.54, 1.807) is 26.4 Å². The third-order valence-electron chi connectivity index (χ3n) is 3.48. The molecule has 25 heavy (non-hydrogen) atoms. The fourth-order valence-electron chi connectivity index (χ4n) is 2.22. The van der Waals surface area contributed by atoms with E-state index in [1.165, 1.54) is 17.4 Å². The number of carbonyl (C=O) groups excluding carboxylic acids is 2. The van der Waals surface area contributed by atoms with Crippen molar-refractivity contribution in [3.8, 4) is 22.8 Å². The molecule has 0 atom stereocenters. The fourth-order valence-corrected chi connectivity index (χ4v) is 2.92. The number of methoxy groups -OCH3 is 2. The Morgan fingerprint density at radius 2 is 2.12 bits per heavy atom. The Kier molecular flexibility index (Phi) is 4.85. The van der Waals surface area contributed by atoms with Crippen molar-refractivity contribution in [2.45, 2.75) is 6.42 Å². The molecule has 0 fully saturated rings. The highest BCUT2D eigenvalue weighted by atomic mass is 32.1. The van der Waals surface area contributed by atoms with Gasteiger partial charge in [-0.05, 0) is 24.3 Å². The molecule has 0 spiro atoms. The van der Waals surface area contributed by atoms with Crippen molar-refractivity contribution in [3.05, 3.63) is 35.4 Å². The molecule has 1 aromatic carbocycles. The normalized spacial score (nSPS) is 13.4. The summed E-state index contributed by atoms with van der Waals surface area (Å²) in [4.78, 5) is 27.7. The summed E-state index contributed by atoms with van der Waals surface area (Å²) in [6.07, 6.45) is 1.67. The first-order valence-electron chi connectivity index (χ1n) is 7.35. The van der Waals surface area contributed by atoms with Crippen LogP contribution in [0.1, 0.15) is 6.42 Å². The van der Waals surface area contributed by atoms with Crippen LogP contribution >= 0.6 is 11.3 Å². The van der Waals surface area contributed by atoms with Crippen LogP contribution in [0.15, 0.2) is 35.4 Å². The van der Waals surface area contributed by atoms with Crippen molar-refractivity contribution in [3.63, 3.8) is 0 Å². The molecule has 1 aliphatic rings. The van der Waals surface area contributed by atoms with E-state index >= 15 is 0 Å². The lowest BCUT2D eigenvalue weighted by molar-refractivity contribution is -0.121. The van der Waals surface area contributed by atoms with E-state index in [1.807, 2.05) is 11.4 Å². The molecule has 2 heterocycles. The van der Waals surface area contributed by atoms with Crippen molar-refractivity contribution >= 4 is 28.3 Å². The maximum atomic E-state index is 12.2. The zero-order valence-electron chi connectivity index (χ0n) is 13.6. The average Bonchev–Trinajstić information content (AvgIpc) is 3.10. The van der Waals surface area contributed by atoms with E-state index in [2.05, 4.69) is 21.2 Å². The lowest BCUT2D eigenvalue weighted by atomic mass is 10.1. The summed E-state index contributed by atoms with van der Waals surface area (Å²) in [5.41, 5.74) is 6.64. The topological polar surface area (TPSA) is 102 Å². The lowest BCUT2D eigenvalue weighted by Gasteiger charge is -2.15. The van der Waals surface area contributed by atoms with Gasteiger partial charge >= 0.3 is 0 Å². The van der Waals surface area contributed by atoms with Crippen LogP contribution in [0.25, 0.3) is 11.3 Å². The molecule has 0 unspecified atom stereocenters. The Hall–Kier alpha value is -3.07. The Balaban J connectivity index is 1.79. The van der Waals surface area contributed by atoms with Crippen molar-refractivity contribution < 1.29 is 19.1 Å². The highest BCUT2D eigenvalue weighted by Crippen LogP contribution is 2.35. The van der Waals surface area contributed by atoms with Gasteiger partial charge in [-0.1, -0.05) is 0 Å². The zero-order chi connectivity index (χ0) is 17.8. The highest BCUT2D eigenvalue weighted by Gasteiger charge is 2.17. The summed E-state index contributed by atoms with van der Waals surface area (Å²) in [6.45, 7) is 0. The highest BCUT2D eigenvalue weighted by molar-refractivity contribution is 7.14. The van der Waals surface area contributed by atoms with Crippen LogP contribution in [0.4, 0.5) is 5.13 Å². The molecular weight excluding hydrogens is 344 g/mol. The second-order valence-electron chi connectivity index (χ2n) is 5.05. The number of aromatic nitrogens is 1. The number of anilines is 1. The minimum absolute atomic E-state index is 0.153. The van der Waals surface area contributed by atoms with Gasteiger partial charge in [-0.3, -0.25) is 25.8 Å². The molecular formula is C16H16N4O4S. The second-order valence-corrected chi connectivity index (χ2v) is 5.91.